The third-order valence-electron chi connectivity index (χ3n) is 3.62. The second-order valence-electron chi connectivity index (χ2n) is 5.85. The summed E-state index contributed by atoms with van der Waals surface area (Å²) >= 11 is 0. The van der Waals surface area contributed by atoms with E-state index in [0.717, 1.165) is 18.1 Å². The topological polar surface area (TPSA) is 65.0 Å². The van der Waals surface area contributed by atoms with Crippen LogP contribution < -0.4 is 5.32 Å². The largest absolute Gasteiger partial charge is 0.356 e. The molecule has 1 aromatic rings. The van der Waals surface area contributed by atoms with Gasteiger partial charge in [-0.3, -0.25) is 0 Å². The van der Waals surface area contributed by atoms with Gasteiger partial charge in [0.05, 0.1) is 12.8 Å². The number of rotatable bonds is 5. The molecule has 7 heteroatoms. The highest BCUT2D eigenvalue weighted by atomic mass is 32.2. The molecule has 6 nitrogen and oxygen atoms in total. The zero-order valence-corrected chi connectivity index (χ0v) is 14.2. The lowest BCUT2D eigenvalue weighted by molar-refractivity contribution is 0.202. The van der Waals surface area contributed by atoms with Crippen LogP contribution in [0.2, 0.25) is 0 Å². The molecule has 0 saturated carbocycles. The SMILES string of the molecule is CN(C)C(=NCc1ccccc1)NCC1CN(S(C)(=O)=O)C1. The molecular formula is C15H24N4O2S. The minimum Gasteiger partial charge on any atom is -0.356 e. The summed E-state index contributed by atoms with van der Waals surface area (Å²) in [5, 5.41) is 3.32. The van der Waals surface area contributed by atoms with Gasteiger partial charge >= 0.3 is 0 Å². The van der Waals surface area contributed by atoms with Crippen LogP contribution in [0.1, 0.15) is 5.56 Å². The smallest absolute Gasteiger partial charge is 0.211 e. The molecule has 1 heterocycles. The minimum atomic E-state index is -3.04. The van der Waals surface area contributed by atoms with E-state index in [4.69, 9.17) is 0 Å². The van der Waals surface area contributed by atoms with Crippen molar-refractivity contribution in [2.45, 2.75) is 6.54 Å². The summed E-state index contributed by atoms with van der Waals surface area (Å²) in [7, 11) is 0.854. The Labute approximate surface area is 132 Å². The number of hydrogen-bond acceptors (Lipinski definition) is 3. The van der Waals surface area contributed by atoms with Crippen LogP contribution >= 0.6 is 0 Å². The maximum absolute atomic E-state index is 11.3. The van der Waals surface area contributed by atoms with E-state index in [0.29, 0.717) is 25.6 Å². The third kappa shape index (κ3) is 4.71. The summed E-state index contributed by atoms with van der Waals surface area (Å²) in [5.41, 5.74) is 1.16. The lowest BCUT2D eigenvalue weighted by Crippen LogP contribution is -2.54. The molecule has 0 bridgehead atoms. The molecule has 1 fully saturated rings. The summed E-state index contributed by atoms with van der Waals surface area (Å²) in [6.07, 6.45) is 1.25. The van der Waals surface area contributed by atoms with Crippen molar-refractivity contribution in [3.8, 4) is 0 Å². The highest BCUT2D eigenvalue weighted by molar-refractivity contribution is 7.88. The monoisotopic (exact) mass is 324 g/mol. The van der Waals surface area contributed by atoms with Gasteiger partial charge in [0.1, 0.15) is 0 Å². The molecule has 1 N–H and O–H groups in total. The molecule has 1 aliphatic heterocycles. The highest BCUT2D eigenvalue weighted by Gasteiger charge is 2.32. The van der Waals surface area contributed by atoms with Gasteiger partial charge in [-0.2, -0.15) is 0 Å². The first-order valence-electron chi connectivity index (χ1n) is 7.31. The van der Waals surface area contributed by atoms with E-state index in [1.807, 2.05) is 49.3 Å². The molecule has 22 heavy (non-hydrogen) atoms. The van der Waals surface area contributed by atoms with Crippen LogP contribution in [0.5, 0.6) is 0 Å². The summed E-state index contributed by atoms with van der Waals surface area (Å²) in [6.45, 7) is 2.54. The first-order chi connectivity index (χ1) is 10.4. The fraction of sp³-hybridized carbons (Fsp3) is 0.533. The average molecular weight is 324 g/mol. The number of benzene rings is 1. The van der Waals surface area contributed by atoms with E-state index in [-0.39, 0.29) is 0 Å². The Bertz CT molecular complexity index is 608. The van der Waals surface area contributed by atoms with Crippen LogP contribution in [0.4, 0.5) is 0 Å². The van der Waals surface area contributed by atoms with Crippen LogP contribution in [0, 0.1) is 5.92 Å². The molecule has 0 aromatic heterocycles. The predicted molar refractivity (Wildman–Crippen MR) is 89.2 cm³/mol. The first-order valence-corrected chi connectivity index (χ1v) is 9.16. The Morgan fingerprint density at radius 3 is 2.50 bits per heavy atom. The van der Waals surface area contributed by atoms with Crippen molar-refractivity contribution in [3.63, 3.8) is 0 Å². The number of aliphatic imine (C=N–C) groups is 1. The summed E-state index contributed by atoms with van der Waals surface area (Å²) in [4.78, 5) is 6.53. The first kappa shape index (κ1) is 16.8. The van der Waals surface area contributed by atoms with Crippen LogP contribution in [0.15, 0.2) is 35.3 Å². The van der Waals surface area contributed by atoms with Gasteiger partial charge in [0.2, 0.25) is 10.0 Å². The number of hydrogen-bond donors (Lipinski definition) is 1. The number of nitrogens with one attached hydrogen (secondary N) is 1. The Kier molecular flexibility index (Phi) is 5.42. The molecule has 1 aliphatic rings. The van der Waals surface area contributed by atoms with Gasteiger partial charge in [0.15, 0.2) is 5.96 Å². The lowest BCUT2D eigenvalue weighted by atomic mass is 10.0. The number of sulfonamides is 1. The maximum Gasteiger partial charge on any atom is 0.211 e. The summed E-state index contributed by atoms with van der Waals surface area (Å²) < 4.78 is 24.2. The molecule has 0 amide bonds. The van der Waals surface area contributed by atoms with E-state index < -0.39 is 10.0 Å². The van der Waals surface area contributed by atoms with Crippen molar-refractivity contribution in [1.82, 2.24) is 14.5 Å². The number of guanidine groups is 1. The fourth-order valence-corrected chi connectivity index (χ4v) is 3.23. The van der Waals surface area contributed by atoms with Crippen LogP contribution in [-0.2, 0) is 16.6 Å². The molecule has 2 rings (SSSR count). The van der Waals surface area contributed by atoms with E-state index >= 15 is 0 Å². The molecule has 122 valence electrons. The Morgan fingerprint density at radius 2 is 1.95 bits per heavy atom. The van der Waals surface area contributed by atoms with Crippen molar-refractivity contribution in [3.05, 3.63) is 35.9 Å². The van der Waals surface area contributed by atoms with E-state index in [2.05, 4.69) is 10.3 Å². The lowest BCUT2D eigenvalue weighted by Gasteiger charge is -2.37. The van der Waals surface area contributed by atoms with E-state index in [1.165, 1.54) is 10.6 Å². The molecule has 0 spiro atoms. The van der Waals surface area contributed by atoms with Crippen LogP contribution in [0.3, 0.4) is 0 Å². The molecule has 0 radical (unpaired) electrons. The summed E-state index contributed by atoms with van der Waals surface area (Å²) in [5.74, 6) is 1.17. The van der Waals surface area contributed by atoms with Gasteiger partial charge in [-0.15, -0.1) is 0 Å². The van der Waals surface area contributed by atoms with Gasteiger partial charge in [-0.25, -0.2) is 17.7 Å². The predicted octanol–water partition coefficient (Wildman–Crippen LogP) is 0.585. The van der Waals surface area contributed by atoms with Gasteiger partial charge in [0.25, 0.3) is 0 Å². The zero-order valence-electron chi connectivity index (χ0n) is 13.4. The van der Waals surface area contributed by atoms with Gasteiger partial charge in [-0.05, 0) is 5.56 Å². The molecular weight excluding hydrogens is 300 g/mol. The van der Waals surface area contributed by atoms with Gasteiger partial charge in [0, 0.05) is 39.6 Å². The standard InChI is InChI=1S/C15H24N4O2S/c1-18(2)15(16-9-13-7-5-4-6-8-13)17-10-14-11-19(12-14)22(3,20)21/h4-8,14H,9-12H2,1-3H3,(H,16,17). The van der Waals surface area contributed by atoms with Crippen molar-refractivity contribution < 1.29 is 8.42 Å². The molecule has 1 saturated heterocycles. The minimum absolute atomic E-state index is 0.344. The van der Waals surface area contributed by atoms with E-state index in [9.17, 15) is 8.42 Å². The average Bonchev–Trinajstić information content (AvgIpc) is 2.39. The zero-order chi connectivity index (χ0) is 16.2. The van der Waals surface area contributed by atoms with Crippen molar-refractivity contribution in [1.29, 1.82) is 0 Å². The second-order valence-corrected chi connectivity index (χ2v) is 7.83. The maximum atomic E-state index is 11.3. The van der Waals surface area contributed by atoms with Crippen molar-refractivity contribution >= 4 is 16.0 Å². The van der Waals surface area contributed by atoms with Crippen molar-refractivity contribution in [2.24, 2.45) is 10.9 Å². The van der Waals surface area contributed by atoms with E-state index in [1.54, 1.807) is 0 Å². The Balaban J connectivity index is 1.83. The summed E-state index contributed by atoms with van der Waals surface area (Å²) in [6, 6.07) is 10.1. The van der Waals surface area contributed by atoms with Crippen LogP contribution in [0.25, 0.3) is 0 Å². The highest BCUT2D eigenvalue weighted by Crippen LogP contribution is 2.17. The fourth-order valence-electron chi connectivity index (χ4n) is 2.26. The molecule has 0 unspecified atom stereocenters. The molecule has 0 atom stereocenters. The van der Waals surface area contributed by atoms with Crippen molar-refractivity contribution in [2.75, 3.05) is 40.0 Å². The second kappa shape index (κ2) is 7.11. The van der Waals surface area contributed by atoms with Gasteiger partial charge < -0.3 is 10.2 Å². The molecule has 1 aromatic carbocycles. The Morgan fingerprint density at radius 1 is 1.32 bits per heavy atom. The normalized spacial score (nSPS) is 17.1. The quantitative estimate of drug-likeness (QED) is 0.636. The molecule has 0 aliphatic carbocycles. The Hall–Kier alpha value is -1.60. The van der Waals surface area contributed by atoms with Crippen LogP contribution in [-0.4, -0.2) is 63.6 Å². The number of nitrogens with zero attached hydrogens (tertiary/aromatic N) is 3. The van der Waals surface area contributed by atoms with Gasteiger partial charge in [-0.1, -0.05) is 30.3 Å². The third-order valence-corrected chi connectivity index (χ3v) is 4.86.